The summed E-state index contributed by atoms with van der Waals surface area (Å²) in [6.45, 7) is 1.51. The zero-order valence-corrected chi connectivity index (χ0v) is 11.2. The minimum absolute atomic E-state index is 0.131. The molecule has 0 radical (unpaired) electrons. The maximum Gasteiger partial charge on any atom is 0.269 e. The van der Waals surface area contributed by atoms with E-state index in [4.69, 9.17) is 0 Å². The van der Waals surface area contributed by atoms with Gasteiger partial charge in [-0.3, -0.25) is 10.1 Å². The Morgan fingerprint density at radius 1 is 1.47 bits per heavy atom. The number of nitrogens with zero attached hydrogens (tertiary/aromatic N) is 2. The quantitative estimate of drug-likeness (QED) is 0.654. The molecule has 0 aliphatic heterocycles. The Morgan fingerprint density at radius 2 is 2.26 bits per heavy atom. The molecule has 0 aromatic heterocycles. The molecule has 1 aliphatic rings. The molecule has 1 aromatic carbocycles. The summed E-state index contributed by atoms with van der Waals surface area (Å²) < 4.78 is 0. The van der Waals surface area contributed by atoms with Crippen LogP contribution in [0.1, 0.15) is 24.8 Å². The van der Waals surface area contributed by atoms with Crippen LogP contribution in [0.4, 0.5) is 5.69 Å². The van der Waals surface area contributed by atoms with Gasteiger partial charge >= 0.3 is 0 Å². The Hall–Kier alpha value is -1.46. The number of non-ortho nitro benzene ring substituents is 1. The van der Waals surface area contributed by atoms with Crippen LogP contribution in [0.15, 0.2) is 24.3 Å². The van der Waals surface area contributed by atoms with Crippen molar-refractivity contribution in [3.63, 3.8) is 0 Å². The zero-order chi connectivity index (χ0) is 13.8. The number of hydrogen-bond acceptors (Lipinski definition) is 4. The van der Waals surface area contributed by atoms with E-state index in [1.165, 1.54) is 6.07 Å². The Balaban J connectivity index is 1.93. The lowest BCUT2D eigenvalue weighted by molar-refractivity contribution is -0.384. The average Bonchev–Trinajstić information content (AvgIpc) is 2.75. The maximum absolute atomic E-state index is 10.7. The Kier molecular flexibility index (Phi) is 4.50. The maximum atomic E-state index is 10.7. The third-order valence-electron chi connectivity index (χ3n) is 3.74. The molecule has 1 fully saturated rings. The summed E-state index contributed by atoms with van der Waals surface area (Å²) in [5, 5.41) is 20.5. The molecule has 1 aromatic rings. The van der Waals surface area contributed by atoms with Crippen molar-refractivity contribution in [3.8, 4) is 0 Å². The number of nitro groups is 1. The molecule has 1 aliphatic carbocycles. The molecule has 2 rings (SSSR count). The molecule has 0 saturated heterocycles. The van der Waals surface area contributed by atoms with Crippen LogP contribution in [0.2, 0.25) is 0 Å². The molecule has 0 amide bonds. The van der Waals surface area contributed by atoms with E-state index in [9.17, 15) is 15.2 Å². The van der Waals surface area contributed by atoms with Gasteiger partial charge in [0.05, 0.1) is 11.0 Å². The lowest BCUT2D eigenvalue weighted by Crippen LogP contribution is -2.29. The first-order valence-corrected chi connectivity index (χ1v) is 6.66. The van der Waals surface area contributed by atoms with Crippen LogP contribution in [0, 0.1) is 16.0 Å². The van der Waals surface area contributed by atoms with Gasteiger partial charge < -0.3 is 10.0 Å². The lowest BCUT2D eigenvalue weighted by Gasteiger charge is -2.23. The topological polar surface area (TPSA) is 66.6 Å². The lowest BCUT2D eigenvalue weighted by atomic mass is 10.1. The zero-order valence-electron chi connectivity index (χ0n) is 11.2. The largest absolute Gasteiger partial charge is 0.393 e. The van der Waals surface area contributed by atoms with Crippen molar-refractivity contribution in [2.75, 3.05) is 13.6 Å². The van der Waals surface area contributed by atoms with Crippen molar-refractivity contribution >= 4 is 5.69 Å². The first kappa shape index (κ1) is 14.0. The molecule has 1 N–H and O–H groups in total. The van der Waals surface area contributed by atoms with Crippen molar-refractivity contribution in [1.82, 2.24) is 4.90 Å². The molecule has 104 valence electrons. The minimum atomic E-state index is -0.371. The van der Waals surface area contributed by atoms with E-state index < -0.39 is 0 Å². The number of nitro benzene ring substituents is 1. The van der Waals surface area contributed by atoms with E-state index in [2.05, 4.69) is 4.90 Å². The van der Waals surface area contributed by atoms with E-state index in [1.54, 1.807) is 12.1 Å². The molecular weight excluding hydrogens is 244 g/mol. The molecule has 19 heavy (non-hydrogen) atoms. The fourth-order valence-electron chi connectivity index (χ4n) is 2.78. The second kappa shape index (κ2) is 6.12. The van der Waals surface area contributed by atoms with Gasteiger partial charge in [-0.1, -0.05) is 18.6 Å². The van der Waals surface area contributed by atoms with Crippen LogP contribution < -0.4 is 0 Å². The van der Waals surface area contributed by atoms with Crippen LogP contribution in [0.25, 0.3) is 0 Å². The van der Waals surface area contributed by atoms with Crippen molar-refractivity contribution < 1.29 is 10.0 Å². The van der Waals surface area contributed by atoms with Crippen LogP contribution in [0.5, 0.6) is 0 Å². The summed E-state index contributed by atoms with van der Waals surface area (Å²) in [5.41, 5.74) is 1.07. The summed E-state index contributed by atoms with van der Waals surface area (Å²) in [5.74, 6) is 0.337. The summed E-state index contributed by atoms with van der Waals surface area (Å²) in [6, 6.07) is 6.73. The van der Waals surface area contributed by atoms with Gasteiger partial charge in [-0.15, -0.1) is 0 Å². The number of aliphatic hydroxyl groups excluding tert-OH is 1. The molecular formula is C14H20N2O3. The molecule has 0 spiro atoms. The van der Waals surface area contributed by atoms with Crippen LogP contribution in [-0.4, -0.2) is 34.6 Å². The Labute approximate surface area is 113 Å². The first-order chi connectivity index (χ1) is 9.06. The molecule has 2 unspecified atom stereocenters. The van der Waals surface area contributed by atoms with Crippen LogP contribution >= 0.6 is 0 Å². The van der Waals surface area contributed by atoms with Crippen LogP contribution in [-0.2, 0) is 6.54 Å². The fourth-order valence-corrected chi connectivity index (χ4v) is 2.78. The van der Waals surface area contributed by atoms with Gasteiger partial charge in [0.15, 0.2) is 0 Å². The minimum Gasteiger partial charge on any atom is -0.393 e. The summed E-state index contributed by atoms with van der Waals surface area (Å²) >= 11 is 0. The summed E-state index contributed by atoms with van der Waals surface area (Å²) in [6.07, 6.45) is 2.87. The summed E-state index contributed by atoms with van der Waals surface area (Å²) in [4.78, 5) is 12.5. The van der Waals surface area contributed by atoms with E-state index in [0.29, 0.717) is 12.5 Å². The van der Waals surface area contributed by atoms with Gasteiger partial charge in [-0.25, -0.2) is 0 Å². The van der Waals surface area contributed by atoms with E-state index in [1.807, 2.05) is 13.1 Å². The second-order valence-corrected chi connectivity index (χ2v) is 5.38. The summed E-state index contributed by atoms with van der Waals surface area (Å²) in [7, 11) is 1.99. The molecule has 5 nitrogen and oxygen atoms in total. The Bertz CT molecular complexity index is 450. The van der Waals surface area contributed by atoms with Gasteiger partial charge in [-0.05, 0) is 31.4 Å². The number of aliphatic hydroxyl groups is 1. The highest BCUT2D eigenvalue weighted by molar-refractivity contribution is 5.34. The van der Waals surface area contributed by atoms with Crippen molar-refractivity contribution in [2.24, 2.45) is 5.92 Å². The fraction of sp³-hybridized carbons (Fsp3) is 0.571. The van der Waals surface area contributed by atoms with E-state index >= 15 is 0 Å². The third-order valence-corrected chi connectivity index (χ3v) is 3.74. The monoisotopic (exact) mass is 264 g/mol. The van der Waals surface area contributed by atoms with Gasteiger partial charge in [0.2, 0.25) is 0 Å². The van der Waals surface area contributed by atoms with Gasteiger partial charge in [0, 0.05) is 25.2 Å². The smallest absolute Gasteiger partial charge is 0.269 e. The normalized spacial score (nSPS) is 22.9. The van der Waals surface area contributed by atoms with E-state index in [-0.39, 0.29) is 16.7 Å². The molecule has 0 bridgehead atoms. The molecule has 0 heterocycles. The highest BCUT2D eigenvalue weighted by atomic mass is 16.6. The third kappa shape index (κ3) is 3.75. The van der Waals surface area contributed by atoms with Gasteiger partial charge in [0.25, 0.3) is 5.69 Å². The Morgan fingerprint density at radius 3 is 2.89 bits per heavy atom. The predicted octanol–water partition coefficient (Wildman–Crippen LogP) is 2.19. The number of rotatable bonds is 5. The number of hydrogen-bond donors (Lipinski definition) is 1. The first-order valence-electron chi connectivity index (χ1n) is 6.66. The molecule has 5 heteroatoms. The van der Waals surface area contributed by atoms with Crippen molar-refractivity contribution in [1.29, 1.82) is 0 Å². The van der Waals surface area contributed by atoms with Gasteiger partial charge in [-0.2, -0.15) is 0 Å². The molecule has 1 saturated carbocycles. The van der Waals surface area contributed by atoms with Crippen molar-refractivity contribution in [2.45, 2.75) is 31.9 Å². The number of benzene rings is 1. The molecule has 2 atom stereocenters. The standard InChI is InChI=1S/C14H20N2O3/c1-15(10-12-5-3-7-14(12)17)9-11-4-2-6-13(8-11)16(18)19/h2,4,6,8,12,14,17H,3,5,7,9-10H2,1H3. The highest BCUT2D eigenvalue weighted by Gasteiger charge is 2.26. The van der Waals surface area contributed by atoms with E-state index in [0.717, 1.165) is 31.4 Å². The SMILES string of the molecule is CN(Cc1cccc([N+](=O)[O-])c1)CC1CCCC1O. The van der Waals surface area contributed by atoms with Gasteiger partial charge in [0.1, 0.15) is 0 Å². The predicted molar refractivity (Wildman–Crippen MR) is 72.8 cm³/mol. The van der Waals surface area contributed by atoms with Crippen molar-refractivity contribution in [3.05, 3.63) is 39.9 Å². The average molecular weight is 264 g/mol. The highest BCUT2D eigenvalue weighted by Crippen LogP contribution is 2.26. The van der Waals surface area contributed by atoms with Crippen LogP contribution in [0.3, 0.4) is 0 Å². The second-order valence-electron chi connectivity index (χ2n) is 5.38.